The fourth-order valence-electron chi connectivity index (χ4n) is 1.63. The van der Waals surface area contributed by atoms with E-state index in [2.05, 4.69) is 5.32 Å². The molecule has 0 unspecified atom stereocenters. The van der Waals surface area contributed by atoms with E-state index in [0.717, 1.165) is 5.75 Å². The number of hydrogen-bond donors (Lipinski definition) is 1. The second-order valence-corrected chi connectivity index (χ2v) is 4.72. The zero-order valence-electron chi connectivity index (χ0n) is 16.2. The predicted molar refractivity (Wildman–Crippen MR) is 101 cm³/mol. The highest BCUT2D eigenvalue weighted by atomic mass is 16.6. The van der Waals surface area contributed by atoms with Gasteiger partial charge in [-0.2, -0.15) is 0 Å². The average molecular weight is 371 g/mol. The molecule has 0 fully saturated rings. The Hall–Kier alpha value is -1.67. The third-order valence-corrected chi connectivity index (χ3v) is 2.87. The smallest absolute Gasteiger partial charge is 0.245 e. The van der Waals surface area contributed by atoms with Crippen LogP contribution < -0.4 is 10.1 Å². The van der Waals surface area contributed by atoms with Crippen molar-refractivity contribution < 1.29 is 28.5 Å². The molecule has 1 N–H and O–H groups in total. The van der Waals surface area contributed by atoms with Crippen molar-refractivity contribution in [3.63, 3.8) is 0 Å². The number of amides is 1. The van der Waals surface area contributed by atoms with E-state index < -0.39 is 0 Å². The van der Waals surface area contributed by atoms with Crippen LogP contribution in [-0.2, 0) is 23.7 Å². The quantitative estimate of drug-likeness (QED) is 0.475. The SMILES string of the molecule is CC.CNC(=O)COCCOCCOCCOCCOc1ccccc1. The Morgan fingerprint density at radius 1 is 0.769 bits per heavy atom. The highest BCUT2D eigenvalue weighted by molar-refractivity contribution is 5.76. The number of rotatable bonds is 15. The number of ether oxygens (including phenoxy) is 5. The molecule has 1 aromatic rings. The molecular weight excluding hydrogens is 338 g/mol. The number of carbonyl (C=O) groups excluding carboxylic acids is 1. The Morgan fingerprint density at radius 2 is 1.23 bits per heavy atom. The molecule has 0 spiro atoms. The molecule has 1 rings (SSSR count). The van der Waals surface area contributed by atoms with Gasteiger partial charge in [0, 0.05) is 7.05 Å². The van der Waals surface area contributed by atoms with Crippen molar-refractivity contribution in [3.8, 4) is 5.75 Å². The summed E-state index contributed by atoms with van der Waals surface area (Å²) in [5.41, 5.74) is 0. The van der Waals surface area contributed by atoms with Gasteiger partial charge in [-0.3, -0.25) is 4.79 Å². The van der Waals surface area contributed by atoms with Crippen molar-refractivity contribution in [2.75, 3.05) is 66.5 Å². The largest absolute Gasteiger partial charge is 0.491 e. The molecule has 0 aliphatic carbocycles. The number of para-hydroxylation sites is 1. The van der Waals surface area contributed by atoms with E-state index in [4.69, 9.17) is 23.7 Å². The summed E-state index contributed by atoms with van der Waals surface area (Å²) in [5, 5.41) is 2.47. The molecule has 7 heteroatoms. The Kier molecular flexibility index (Phi) is 18.4. The molecule has 0 aliphatic rings. The van der Waals surface area contributed by atoms with Crippen molar-refractivity contribution >= 4 is 5.91 Å². The first-order chi connectivity index (χ1) is 12.8. The van der Waals surface area contributed by atoms with Crippen LogP contribution in [0.15, 0.2) is 30.3 Å². The maximum atomic E-state index is 10.9. The number of hydrogen-bond acceptors (Lipinski definition) is 6. The molecule has 0 saturated heterocycles. The maximum Gasteiger partial charge on any atom is 0.245 e. The average Bonchev–Trinajstić information content (AvgIpc) is 2.70. The lowest BCUT2D eigenvalue weighted by atomic mass is 10.3. The minimum Gasteiger partial charge on any atom is -0.491 e. The van der Waals surface area contributed by atoms with Gasteiger partial charge in [0.05, 0.1) is 46.2 Å². The van der Waals surface area contributed by atoms with Crippen molar-refractivity contribution in [2.45, 2.75) is 13.8 Å². The van der Waals surface area contributed by atoms with Crippen molar-refractivity contribution in [1.29, 1.82) is 0 Å². The lowest BCUT2D eigenvalue weighted by Crippen LogP contribution is -2.24. The van der Waals surface area contributed by atoms with E-state index in [1.165, 1.54) is 0 Å². The molecule has 26 heavy (non-hydrogen) atoms. The zero-order valence-corrected chi connectivity index (χ0v) is 16.2. The predicted octanol–water partition coefficient (Wildman–Crippen LogP) is 1.90. The van der Waals surface area contributed by atoms with E-state index in [0.29, 0.717) is 52.9 Å². The van der Waals surface area contributed by atoms with Gasteiger partial charge in [-0.1, -0.05) is 32.0 Å². The van der Waals surface area contributed by atoms with Crippen LogP contribution in [-0.4, -0.2) is 72.4 Å². The van der Waals surface area contributed by atoms with Crippen LogP contribution in [0.4, 0.5) is 0 Å². The van der Waals surface area contributed by atoms with E-state index >= 15 is 0 Å². The second-order valence-electron chi connectivity index (χ2n) is 4.72. The van der Waals surface area contributed by atoms with E-state index in [1.54, 1.807) is 7.05 Å². The molecule has 0 heterocycles. The summed E-state index contributed by atoms with van der Waals surface area (Å²) >= 11 is 0. The topological polar surface area (TPSA) is 75.3 Å². The zero-order chi connectivity index (χ0) is 19.3. The molecule has 0 atom stereocenters. The van der Waals surface area contributed by atoms with Crippen molar-refractivity contribution in [2.24, 2.45) is 0 Å². The Bertz CT molecular complexity index is 416. The van der Waals surface area contributed by atoms with Crippen molar-refractivity contribution in [1.82, 2.24) is 5.32 Å². The minimum atomic E-state index is -0.146. The minimum absolute atomic E-state index is 0.0572. The first-order valence-electron chi connectivity index (χ1n) is 9.02. The van der Waals surface area contributed by atoms with Crippen LogP contribution in [0.25, 0.3) is 0 Å². The molecule has 0 bridgehead atoms. The summed E-state index contributed by atoms with van der Waals surface area (Å²) in [7, 11) is 1.57. The van der Waals surface area contributed by atoms with Crippen LogP contribution in [0.1, 0.15) is 13.8 Å². The van der Waals surface area contributed by atoms with Crippen molar-refractivity contribution in [3.05, 3.63) is 30.3 Å². The van der Waals surface area contributed by atoms with Gasteiger partial charge in [0.2, 0.25) is 5.91 Å². The van der Waals surface area contributed by atoms with Gasteiger partial charge in [0.15, 0.2) is 0 Å². The highest BCUT2D eigenvalue weighted by Crippen LogP contribution is 2.07. The number of likely N-dealkylation sites (N-methyl/N-ethyl adjacent to an activating group) is 1. The van der Waals surface area contributed by atoms with Gasteiger partial charge in [0.25, 0.3) is 0 Å². The fourth-order valence-corrected chi connectivity index (χ4v) is 1.63. The van der Waals surface area contributed by atoms with E-state index in [9.17, 15) is 4.79 Å². The molecular formula is C19H33NO6. The molecule has 0 radical (unpaired) electrons. The van der Waals surface area contributed by atoms with Gasteiger partial charge in [-0.25, -0.2) is 0 Å². The summed E-state index contributed by atoms with van der Waals surface area (Å²) in [6.07, 6.45) is 0. The number of benzene rings is 1. The molecule has 150 valence electrons. The van der Waals surface area contributed by atoms with E-state index in [-0.39, 0.29) is 12.5 Å². The lowest BCUT2D eigenvalue weighted by Gasteiger charge is -2.08. The normalized spacial score (nSPS) is 9.96. The standard InChI is InChI=1S/C17H27NO6.C2H6/c1-18-17(19)15-23-12-11-21-8-7-20-9-10-22-13-14-24-16-5-3-2-4-6-16;1-2/h2-6H,7-15H2,1H3,(H,18,19);1-2H3. The summed E-state index contributed by atoms with van der Waals surface area (Å²) in [4.78, 5) is 10.9. The Balaban J connectivity index is 0.00000301. The Labute approximate surface area is 156 Å². The third kappa shape index (κ3) is 15.8. The van der Waals surface area contributed by atoms with Crippen LogP contribution in [0.2, 0.25) is 0 Å². The fraction of sp³-hybridized carbons (Fsp3) is 0.632. The van der Waals surface area contributed by atoms with Crippen LogP contribution in [0.5, 0.6) is 5.75 Å². The first-order valence-corrected chi connectivity index (χ1v) is 9.02. The summed E-state index contributed by atoms with van der Waals surface area (Å²) in [6.45, 7) is 7.95. The highest BCUT2D eigenvalue weighted by Gasteiger charge is 1.97. The monoisotopic (exact) mass is 371 g/mol. The molecule has 0 aliphatic heterocycles. The summed E-state index contributed by atoms with van der Waals surface area (Å²) in [5.74, 6) is 0.696. The molecule has 0 saturated carbocycles. The van der Waals surface area contributed by atoms with Crippen LogP contribution in [0.3, 0.4) is 0 Å². The molecule has 7 nitrogen and oxygen atoms in total. The molecule has 0 aromatic heterocycles. The Morgan fingerprint density at radius 3 is 1.73 bits per heavy atom. The summed E-state index contributed by atoms with van der Waals surface area (Å²) < 4.78 is 26.7. The van der Waals surface area contributed by atoms with E-state index in [1.807, 2.05) is 44.2 Å². The van der Waals surface area contributed by atoms with Gasteiger partial charge in [-0.15, -0.1) is 0 Å². The summed E-state index contributed by atoms with van der Waals surface area (Å²) in [6, 6.07) is 9.63. The van der Waals surface area contributed by atoms with Gasteiger partial charge < -0.3 is 29.0 Å². The lowest BCUT2D eigenvalue weighted by molar-refractivity contribution is -0.125. The number of carbonyl (C=O) groups is 1. The first kappa shape index (κ1) is 24.3. The van der Waals surface area contributed by atoms with Gasteiger partial charge in [-0.05, 0) is 12.1 Å². The van der Waals surface area contributed by atoms with Gasteiger partial charge >= 0.3 is 0 Å². The third-order valence-electron chi connectivity index (χ3n) is 2.87. The maximum absolute atomic E-state index is 10.9. The molecule has 1 amide bonds. The van der Waals surface area contributed by atoms with Crippen LogP contribution >= 0.6 is 0 Å². The second kappa shape index (κ2) is 19.7. The van der Waals surface area contributed by atoms with Crippen LogP contribution in [0, 0.1) is 0 Å². The van der Waals surface area contributed by atoms with Gasteiger partial charge in [0.1, 0.15) is 19.0 Å². The molecule has 1 aromatic carbocycles. The number of nitrogens with one attached hydrogen (secondary N) is 1.